The van der Waals surface area contributed by atoms with Gasteiger partial charge < -0.3 is 19.6 Å². The smallest absolute Gasteiger partial charge is 0.417 e. The molecule has 0 saturated carbocycles. The summed E-state index contributed by atoms with van der Waals surface area (Å²) in [6.07, 6.45) is -1.33. The van der Waals surface area contributed by atoms with Crippen molar-refractivity contribution in [3.8, 4) is 5.75 Å². The van der Waals surface area contributed by atoms with Crippen LogP contribution in [0.15, 0.2) is 30.5 Å². The number of benzene rings is 1. The molecule has 0 unspecified atom stereocenters. The fraction of sp³-hybridized carbons (Fsp3) is 0.586. The van der Waals surface area contributed by atoms with Crippen molar-refractivity contribution < 1.29 is 27.8 Å². The summed E-state index contributed by atoms with van der Waals surface area (Å²) >= 11 is 0. The molecule has 1 aromatic carbocycles. The third-order valence-corrected chi connectivity index (χ3v) is 8.70. The van der Waals surface area contributed by atoms with Crippen molar-refractivity contribution in [1.29, 1.82) is 0 Å². The summed E-state index contributed by atoms with van der Waals surface area (Å²) in [6.45, 7) is 10.9. The molecule has 3 aliphatic rings. The molecule has 3 aliphatic heterocycles. The summed E-state index contributed by atoms with van der Waals surface area (Å²) in [7, 11) is 0. The minimum atomic E-state index is -4.47. The Morgan fingerprint density at radius 3 is 2.54 bits per heavy atom. The van der Waals surface area contributed by atoms with Crippen LogP contribution in [0.1, 0.15) is 65.0 Å². The molecule has 2 bridgehead atoms. The number of carbonyl (C=O) groups excluding carboxylic acids is 1. The van der Waals surface area contributed by atoms with Gasteiger partial charge in [0.2, 0.25) is 0 Å². The third-order valence-electron chi connectivity index (χ3n) is 8.70. The quantitative estimate of drug-likeness (QED) is 0.501. The van der Waals surface area contributed by atoms with E-state index in [1.807, 2.05) is 6.07 Å². The van der Waals surface area contributed by atoms with E-state index in [0.717, 1.165) is 69.0 Å². The molecule has 5 rings (SSSR count). The van der Waals surface area contributed by atoms with Crippen LogP contribution in [0.3, 0.4) is 0 Å². The summed E-state index contributed by atoms with van der Waals surface area (Å²) < 4.78 is 44.7. The molecular formula is C29H37F3N4O3. The Morgan fingerprint density at radius 2 is 1.92 bits per heavy atom. The third kappa shape index (κ3) is 5.78. The lowest BCUT2D eigenvalue weighted by Crippen LogP contribution is -2.49. The molecular weight excluding hydrogens is 509 g/mol. The van der Waals surface area contributed by atoms with E-state index in [0.29, 0.717) is 13.2 Å². The highest BCUT2D eigenvalue weighted by molar-refractivity contribution is 5.93. The minimum absolute atomic E-state index is 0.0229. The first-order chi connectivity index (χ1) is 18.5. The number of aliphatic hydroxyl groups excluding tert-OH is 1. The van der Waals surface area contributed by atoms with Gasteiger partial charge in [-0.05, 0) is 74.9 Å². The maximum Gasteiger partial charge on any atom is 0.417 e. The highest BCUT2D eigenvalue weighted by atomic mass is 19.4. The van der Waals surface area contributed by atoms with Crippen LogP contribution in [0.5, 0.6) is 5.75 Å². The molecule has 1 N–H and O–H groups in total. The van der Waals surface area contributed by atoms with Crippen molar-refractivity contribution in [3.05, 3.63) is 58.4 Å². The van der Waals surface area contributed by atoms with Gasteiger partial charge in [0, 0.05) is 57.0 Å². The summed E-state index contributed by atoms with van der Waals surface area (Å²) in [5.41, 5.74) is 2.76. The maximum absolute atomic E-state index is 13.0. The van der Waals surface area contributed by atoms with E-state index in [9.17, 15) is 23.1 Å². The van der Waals surface area contributed by atoms with Crippen LogP contribution in [-0.4, -0.2) is 88.2 Å². The Morgan fingerprint density at radius 1 is 1.13 bits per heavy atom. The average Bonchev–Trinajstić information content (AvgIpc) is 3.64. The molecule has 7 nitrogen and oxygen atoms in total. The first kappa shape index (κ1) is 27.9. The van der Waals surface area contributed by atoms with Crippen molar-refractivity contribution >= 4 is 5.91 Å². The summed E-state index contributed by atoms with van der Waals surface area (Å²) in [6, 6.07) is 6.66. The number of hydrogen-bond donors (Lipinski definition) is 1. The molecule has 4 atom stereocenters. The number of carbonyl (C=O) groups is 1. The number of β-amino-alcohol motifs (C(OH)–C–C–N with tert-alkyl or cyclic N) is 1. The standard InChI is InChI=1S/C29H37F3N4O3/c1-18-19(2)27(39-12-4-10-34-11-9-24(37)17-34)8-6-25(18)20(3)35-15-23-13-22(35)16-36(23)28(38)26-7-5-21(14-33-26)29(30,31)32/h5-8,14,20,22-24,37H,4,9-13,15-17H2,1-3H3/t20-,22-,23-,24-/m0/s1. The lowest BCUT2D eigenvalue weighted by Gasteiger charge is -2.38. The molecule has 0 spiro atoms. The zero-order valence-electron chi connectivity index (χ0n) is 22.7. The number of nitrogens with zero attached hydrogens (tertiary/aromatic N) is 4. The van der Waals surface area contributed by atoms with Crippen molar-refractivity contribution in [2.45, 2.75) is 70.4 Å². The topological polar surface area (TPSA) is 69.1 Å². The second-order valence-corrected chi connectivity index (χ2v) is 11.2. The number of amides is 1. The zero-order chi connectivity index (χ0) is 27.9. The number of fused-ring (bicyclic) bond motifs is 2. The van der Waals surface area contributed by atoms with Crippen molar-refractivity contribution in [1.82, 2.24) is 19.7 Å². The molecule has 10 heteroatoms. The lowest BCUT2D eigenvalue weighted by atomic mass is 9.96. The number of ether oxygens (including phenoxy) is 1. The Labute approximate surface area is 227 Å². The number of aromatic nitrogens is 1. The first-order valence-corrected chi connectivity index (χ1v) is 13.8. The number of alkyl halides is 3. The molecule has 3 fully saturated rings. The van der Waals surface area contributed by atoms with Crippen LogP contribution in [0.2, 0.25) is 0 Å². The Hall–Kier alpha value is -2.69. The Kier molecular flexibility index (Phi) is 7.90. The maximum atomic E-state index is 13.0. The Balaban J connectivity index is 1.16. The second-order valence-electron chi connectivity index (χ2n) is 11.2. The van der Waals surface area contributed by atoms with Crippen LogP contribution in [0.25, 0.3) is 0 Å². The summed E-state index contributed by atoms with van der Waals surface area (Å²) in [5.74, 6) is 0.589. The van der Waals surface area contributed by atoms with E-state index in [1.165, 1.54) is 17.2 Å². The number of hydrogen-bond acceptors (Lipinski definition) is 6. The number of likely N-dealkylation sites (tertiary alicyclic amines) is 3. The van der Waals surface area contributed by atoms with Gasteiger partial charge in [-0.1, -0.05) is 6.07 Å². The summed E-state index contributed by atoms with van der Waals surface area (Å²) in [4.78, 5) is 23.3. The molecule has 4 heterocycles. The number of rotatable bonds is 8. The largest absolute Gasteiger partial charge is 0.493 e. The molecule has 2 aromatic rings. The molecule has 39 heavy (non-hydrogen) atoms. The number of pyridine rings is 1. The van der Waals surface area contributed by atoms with Crippen LogP contribution < -0.4 is 4.74 Å². The lowest BCUT2D eigenvalue weighted by molar-refractivity contribution is -0.137. The Bertz CT molecular complexity index is 1190. The molecule has 0 radical (unpaired) electrons. The predicted octanol–water partition coefficient (Wildman–Crippen LogP) is 4.21. The highest BCUT2D eigenvalue weighted by Gasteiger charge is 2.47. The van der Waals surface area contributed by atoms with Gasteiger partial charge in [-0.3, -0.25) is 14.7 Å². The van der Waals surface area contributed by atoms with Crippen LogP contribution in [-0.2, 0) is 6.18 Å². The minimum Gasteiger partial charge on any atom is -0.493 e. The van der Waals surface area contributed by atoms with Crippen molar-refractivity contribution in [2.24, 2.45) is 0 Å². The number of halogens is 3. The fourth-order valence-electron chi connectivity index (χ4n) is 6.35. The van der Waals surface area contributed by atoms with E-state index in [4.69, 9.17) is 4.74 Å². The van der Waals surface area contributed by atoms with E-state index in [2.05, 4.69) is 41.6 Å². The van der Waals surface area contributed by atoms with Crippen LogP contribution in [0.4, 0.5) is 13.2 Å². The van der Waals surface area contributed by atoms with Gasteiger partial charge in [0.1, 0.15) is 11.4 Å². The normalized spacial score (nSPS) is 24.5. The molecule has 1 amide bonds. The van der Waals surface area contributed by atoms with Gasteiger partial charge in [-0.25, -0.2) is 0 Å². The number of aliphatic hydroxyl groups is 1. The predicted molar refractivity (Wildman–Crippen MR) is 141 cm³/mol. The number of piperazine rings is 1. The molecule has 3 saturated heterocycles. The molecule has 212 valence electrons. The molecule has 1 aromatic heterocycles. The van der Waals surface area contributed by atoms with Crippen LogP contribution in [0, 0.1) is 13.8 Å². The zero-order valence-corrected chi connectivity index (χ0v) is 22.7. The first-order valence-electron chi connectivity index (χ1n) is 13.8. The second kappa shape index (κ2) is 11.1. The van der Waals surface area contributed by atoms with Crippen molar-refractivity contribution in [3.63, 3.8) is 0 Å². The van der Waals surface area contributed by atoms with E-state index < -0.39 is 11.7 Å². The van der Waals surface area contributed by atoms with Crippen LogP contribution >= 0.6 is 0 Å². The summed E-state index contributed by atoms with van der Waals surface area (Å²) in [5, 5.41) is 9.67. The average molecular weight is 547 g/mol. The van der Waals surface area contributed by atoms with E-state index in [1.54, 1.807) is 4.90 Å². The highest BCUT2D eigenvalue weighted by Crippen LogP contribution is 2.39. The van der Waals surface area contributed by atoms with Gasteiger partial charge >= 0.3 is 6.18 Å². The van der Waals surface area contributed by atoms with Gasteiger partial charge in [0.25, 0.3) is 5.91 Å². The SMILES string of the molecule is Cc1c(OCCCN2CC[C@H](O)C2)ccc([C@H](C)N2C[C@@H]3C[C@H]2CN3C(=O)c2ccc(C(F)(F)F)cn2)c1C. The van der Waals surface area contributed by atoms with Gasteiger partial charge in [0.15, 0.2) is 0 Å². The van der Waals surface area contributed by atoms with Crippen molar-refractivity contribution in [2.75, 3.05) is 39.3 Å². The van der Waals surface area contributed by atoms with E-state index in [-0.39, 0.29) is 35.8 Å². The van der Waals surface area contributed by atoms with Gasteiger partial charge in [-0.15, -0.1) is 0 Å². The molecule has 0 aliphatic carbocycles. The monoisotopic (exact) mass is 546 g/mol. The van der Waals surface area contributed by atoms with E-state index >= 15 is 0 Å². The van der Waals surface area contributed by atoms with Gasteiger partial charge in [-0.2, -0.15) is 13.2 Å². The fourth-order valence-corrected chi connectivity index (χ4v) is 6.35. The van der Waals surface area contributed by atoms with Gasteiger partial charge in [0.05, 0.1) is 18.3 Å².